The molecule has 0 aliphatic carbocycles. The first-order chi connectivity index (χ1) is 9.75. The van der Waals surface area contributed by atoms with Crippen LogP contribution in [0.4, 0.5) is 0 Å². The van der Waals surface area contributed by atoms with Crippen molar-refractivity contribution < 1.29 is 4.79 Å². The van der Waals surface area contributed by atoms with Gasteiger partial charge in [0.15, 0.2) is 0 Å². The minimum atomic E-state index is 0.0317. The summed E-state index contributed by atoms with van der Waals surface area (Å²) in [5, 5.41) is 11.1. The van der Waals surface area contributed by atoms with Crippen LogP contribution in [-0.4, -0.2) is 69.1 Å². The highest BCUT2D eigenvalue weighted by Gasteiger charge is 2.22. The van der Waals surface area contributed by atoms with Gasteiger partial charge in [0, 0.05) is 26.2 Å². The first kappa shape index (κ1) is 12.7. The second kappa shape index (κ2) is 5.38. The van der Waals surface area contributed by atoms with Crippen molar-refractivity contribution in [1.29, 1.82) is 0 Å². The third-order valence-electron chi connectivity index (χ3n) is 3.52. The van der Waals surface area contributed by atoms with Crippen LogP contribution in [0, 0.1) is 0 Å². The molecule has 0 spiro atoms. The van der Waals surface area contributed by atoms with Crippen LogP contribution in [0.15, 0.2) is 30.6 Å². The van der Waals surface area contributed by atoms with Crippen molar-refractivity contribution in [2.24, 2.45) is 0 Å². The molecule has 1 aromatic heterocycles. The second-order valence-electron chi connectivity index (χ2n) is 4.87. The van der Waals surface area contributed by atoms with E-state index in [-0.39, 0.29) is 5.91 Å². The average molecular weight is 272 g/mol. The molecule has 2 heterocycles. The van der Waals surface area contributed by atoms with E-state index < -0.39 is 0 Å². The van der Waals surface area contributed by atoms with Gasteiger partial charge >= 0.3 is 0 Å². The number of carbonyl (C=O) groups excluding carboxylic acids is 1. The Morgan fingerprint density at radius 3 is 2.60 bits per heavy atom. The van der Waals surface area contributed by atoms with Crippen molar-refractivity contribution in [1.82, 2.24) is 30.0 Å². The van der Waals surface area contributed by atoms with Gasteiger partial charge in [-0.3, -0.25) is 4.79 Å². The summed E-state index contributed by atoms with van der Waals surface area (Å²) in [7, 11) is 2.07. The molecule has 0 N–H and O–H groups in total. The molecule has 104 valence electrons. The summed E-state index contributed by atoms with van der Waals surface area (Å²) in [6.45, 7) is 3.30. The lowest BCUT2D eigenvalue weighted by Crippen LogP contribution is -2.47. The topological polar surface area (TPSA) is 67.2 Å². The number of tetrazole rings is 1. The number of likely N-dealkylation sites (N-methyl/N-ethyl adjacent to an activating group) is 1. The number of para-hydroxylation sites is 1. The third kappa shape index (κ3) is 2.39. The Hall–Kier alpha value is -2.28. The van der Waals surface area contributed by atoms with E-state index in [1.165, 1.54) is 11.0 Å². The first-order valence-corrected chi connectivity index (χ1v) is 6.56. The SMILES string of the molecule is CN1CCN(C(=O)c2ccccc2-n2cnnn2)CC1. The minimum absolute atomic E-state index is 0.0317. The minimum Gasteiger partial charge on any atom is -0.336 e. The normalized spacial score (nSPS) is 16.4. The molecule has 7 heteroatoms. The zero-order valence-electron chi connectivity index (χ0n) is 11.3. The monoisotopic (exact) mass is 272 g/mol. The molecule has 7 nitrogen and oxygen atoms in total. The molecule has 1 aromatic carbocycles. The summed E-state index contributed by atoms with van der Waals surface area (Å²) in [5.74, 6) is 0.0317. The second-order valence-corrected chi connectivity index (χ2v) is 4.87. The summed E-state index contributed by atoms with van der Waals surface area (Å²) in [6.07, 6.45) is 1.50. The van der Waals surface area contributed by atoms with Crippen LogP contribution in [0.2, 0.25) is 0 Å². The molecule has 1 fully saturated rings. The van der Waals surface area contributed by atoms with Crippen molar-refractivity contribution in [2.75, 3.05) is 33.2 Å². The maximum atomic E-state index is 12.6. The van der Waals surface area contributed by atoms with Crippen LogP contribution in [-0.2, 0) is 0 Å². The summed E-state index contributed by atoms with van der Waals surface area (Å²) in [5.41, 5.74) is 1.34. The van der Waals surface area contributed by atoms with Gasteiger partial charge in [-0.05, 0) is 29.6 Å². The maximum absolute atomic E-state index is 12.6. The molecule has 0 radical (unpaired) electrons. The lowest BCUT2D eigenvalue weighted by molar-refractivity contribution is 0.0664. The van der Waals surface area contributed by atoms with Crippen molar-refractivity contribution in [3.8, 4) is 5.69 Å². The van der Waals surface area contributed by atoms with Crippen molar-refractivity contribution in [3.63, 3.8) is 0 Å². The van der Waals surface area contributed by atoms with Gasteiger partial charge in [-0.2, -0.15) is 4.68 Å². The fourth-order valence-electron chi connectivity index (χ4n) is 2.31. The van der Waals surface area contributed by atoms with E-state index >= 15 is 0 Å². The van der Waals surface area contributed by atoms with Gasteiger partial charge in [-0.25, -0.2) is 0 Å². The van der Waals surface area contributed by atoms with E-state index in [9.17, 15) is 4.79 Å². The van der Waals surface area contributed by atoms with Gasteiger partial charge in [-0.1, -0.05) is 12.1 Å². The van der Waals surface area contributed by atoms with Gasteiger partial charge < -0.3 is 9.80 Å². The number of rotatable bonds is 2. The van der Waals surface area contributed by atoms with E-state index in [0.717, 1.165) is 26.2 Å². The molecule has 0 unspecified atom stereocenters. The van der Waals surface area contributed by atoms with Crippen LogP contribution in [0.1, 0.15) is 10.4 Å². The third-order valence-corrected chi connectivity index (χ3v) is 3.52. The Balaban J connectivity index is 1.89. The van der Waals surface area contributed by atoms with Crippen LogP contribution >= 0.6 is 0 Å². The van der Waals surface area contributed by atoms with Crippen molar-refractivity contribution in [3.05, 3.63) is 36.2 Å². The first-order valence-electron chi connectivity index (χ1n) is 6.56. The lowest BCUT2D eigenvalue weighted by Gasteiger charge is -2.32. The zero-order valence-corrected chi connectivity index (χ0v) is 11.3. The van der Waals surface area contributed by atoms with Crippen LogP contribution in [0.3, 0.4) is 0 Å². The summed E-state index contributed by atoms with van der Waals surface area (Å²) >= 11 is 0. The Morgan fingerprint density at radius 1 is 1.15 bits per heavy atom. The number of amides is 1. The van der Waals surface area contributed by atoms with E-state index in [1.54, 1.807) is 0 Å². The molecule has 20 heavy (non-hydrogen) atoms. The van der Waals surface area contributed by atoms with E-state index in [0.29, 0.717) is 11.3 Å². The number of aromatic nitrogens is 4. The smallest absolute Gasteiger partial charge is 0.256 e. The number of hydrogen-bond acceptors (Lipinski definition) is 5. The highest BCUT2D eigenvalue weighted by Crippen LogP contribution is 2.16. The van der Waals surface area contributed by atoms with E-state index in [1.807, 2.05) is 29.2 Å². The van der Waals surface area contributed by atoms with Gasteiger partial charge in [0.2, 0.25) is 0 Å². The molecule has 1 saturated heterocycles. The molecule has 1 amide bonds. The Morgan fingerprint density at radius 2 is 1.90 bits per heavy atom. The Bertz CT molecular complexity index is 589. The molecule has 1 aliphatic rings. The molecular weight excluding hydrogens is 256 g/mol. The van der Waals surface area contributed by atoms with Crippen molar-refractivity contribution in [2.45, 2.75) is 0 Å². The molecule has 0 saturated carbocycles. The largest absolute Gasteiger partial charge is 0.336 e. The van der Waals surface area contributed by atoms with Crippen LogP contribution in [0.5, 0.6) is 0 Å². The number of hydrogen-bond donors (Lipinski definition) is 0. The van der Waals surface area contributed by atoms with Gasteiger partial charge in [0.05, 0.1) is 11.3 Å². The molecule has 2 aromatic rings. The lowest BCUT2D eigenvalue weighted by atomic mass is 10.1. The number of nitrogens with zero attached hydrogens (tertiary/aromatic N) is 6. The molecule has 3 rings (SSSR count). The standard InChI is InChI=1S/C13H16N6O/c1-17-6-8-18(9-7-17)13(20)11-4-2-3-5-12(11)19-10-14-15-16-19/h2-5,10H,6-9H2,1H3. The van der Waals surface area contributed by atoms with Gasteiger partial charge in [0.25, 0.3) is 5.91 Å². The molecular formula is C13H16N6O. The Labute approximate surface area is 116 Å². The predicted molar refractivity (Wildman–Crippen MR) is 72.6 cm³/mol. The maximum Gasteiger partial charge on any atom is 0.256 e. The molecule has 1 aliphatic heterocycles. The number of benzene rings is 1. The summed E-state index contributed by atoms with van der Waals surface area (Å²) in [6, 6.07) is 7.40. The predicted octanol–water partition coefficient (Wildman–Crippen LogP) is 0.0499. The fraction of sp³-hybridized carbons (Fsp3) is 0.385. The van der Waals surface area contributed by atoms with E-state index in [2.05, 4.69) is 27.5 Å². The van der Waals surface area contributed by atoms with Gasteiger partial charge in [-0.15, -0.1) is 5.10 Å². The number of carbonyl (C=O) groups is 1. The zero-order chi connectivity index (χ0) is 13.9. The fourth-order valence-corrected chi connectivity index (χ4v) is 2.31. The van der Waals surface area contributed by atoms with Gasteiger partial charge in [0.1, 0.15) is 6.33 Å². The van der Waals surface area contributed by atoms with Crippen molar-refractivity contribution >= 4 is 5.91 Å². The highest BCUT2D eigenvalue weighted by atomic mass is 16.2. The van der Waals surface area contributed by atoms with Crippen LogP contribution < -0.4 is 0 Å². The Kier molecular flexibility index (Phi) is 3.42. The summed E-state index contributed by atoms with van der Waals surface area (Å²) in [4.78, 5) is 16.7. The van der Waals surface area contributed by atoms with E-state index in [4.69, 9.17) is 0 Å². The number of piperazine rings is 1. The highest BCUT2D eigenvalue weighted by molar-refractivity contribution is 5.97. The van der Waals surface area contributed by atoms with Crippen LogP contribution in [0.25, 0.3) is 5.69 Å². The molecule has 0 bridgehead atoms. The summed E-state index contributed by atoms with van der Waals surface area (Å²) < 4.78 is 1.52. The molecule has 0 atom stereocenters. The average Bonchev–Trinajstić information content (AvgIpc) is 3.01. The quantitative estimate of drug-likeness (QED) is 0.773.